The maximum Gasteiger partial charge on any atom is 0.236 e. The van der Waals surface area contributed by atoms with Crippen molar-refractivity contribution in [3.05, 3.63) is 48.2 Å². The number of carbonyl (C=O) groups excluding carboxylic acids is 1. The summed E-state index contributed by atoms with van der Waals surface area (Å²) in [5.41, 5.74) is 2.76. The van der Waals surface area contributed by atoms with Crippen molar-refractivity contribution >= 4 is 51.4 Å². The number of fused-ring (bicyclic) bond motifs is 3. The molecule has 0 saturated heterocycles. The van der Waals surface area contributed by atoms with Gasteiger partial charge in [0.1, 0.15) is 6.26 Å². The number of rotatable bonds is 5. The van der Waals surface area contributed by atoms with Gasteiger partial charge in [0.05, 0.1) is 10.8 Å². The number of thioether (sulfide) groups is 1. The first-order valence-electron chi connectivity index (χ1n) is 10.2. The van der Waals surface area contributed by atoms with E-state index in [-0.39, 0.29) is 23.1 Å². The molecule has 8 heteroatoms. The highest BCUT2D eigenvalue weighted by molar-refractivity contribution is 8.01. The predicted octanol–water partition coefficient (Wildman–Crippen LogP) is 4.56. The van der Waals surface area contributed by atoms with E-state index in [0.717, 1.165) is 31.9 Å². The largest absolute Gasteiger partial charge is 0.612 e. The summed E-state index contributed by atoms with van der Waals surface area (Å²) < 4.78 is 11.8. The molecule has 2 aromatic carbocycles. The summed E-state index contributed by atoms with van der Waals surface area (Å²) in [5.74, 6) is 0.672. The topological polar surface area (TPSA) is 81.2 Å². The SMILES string of the molecule is CC(C)N(C)C(=O)C1Sc2ccc3cnc(Nc4cccc([S+](C)[O-])c4)nc3c2[C@@H]1C. The van der Waals surface area contributed by atoms with Crippen molar-refractivity contribution in [2.24, 2.45) is 0 Å². The Hall–Kier alpha value is -2.29. The van der Waals surface area contributed by atoms with Crippen LogP contribution in [-0.4, -0.2) is 49.9 Å². The second-order valence-electron chi connectivity index (χ2n) is 8.09. The van der Waals surface area contributed by atoms with E-state index in [1.165, 1.54) is 0 Å². The van der Waals surface area contributed by atoms with Crippen LogP contribution in [0.1, 0.15) is 32.3 Å². The highest BCUT2D eigenvalue weighted by Gasteiger charge is 2.38. The van der Waals surface area contributed by atoms with E-state index >= 15 is 0 Å². The fourth-order valence-corrected chi connectivity index (χ4v) is 5.70. The van der Waals surface area contributed by atoms with Crippen LogP contribution in [0.3, 0.4) is 0 Å². The quantitative estimate of drug-likeness (QED) is 0.570. The van der Waals surface area contributed by atoms with Gasteiger partial charge in [0.2, 0.25) is 11.9 Å². The van der Waals surface area contributed by atoms with Crippen LogP contribution in [0.2, 0.25) is 0 Å². The van der Waals surface area contributed by atoms with Gasteiger partial charge in [-0.1, -0.05) is 19.1 Å². The lowest BCUT2D eigenvalue weighted by Crippen LogP contribution is -2.40. The monoisotopic (exact) mass is 454 g/mol. The van der Waals surface area contributed by atoms with Gasteiger partial charge in [0.25, 0.3) is 0 Å². The van der Waals surface area contributed by atoms with E-state index in [4.69, 9.17) is 4.98 Å². The molecule has 1 aliphatic heterocycles. The third-order valence-electron chi connectivity index (χ3n) is 5.70. The number of amides is 1. The van der Waals surface area contributed by atoms with Crippen molar-refractivity contribution in [1.29, 1.82) is 0 Å². The Balaban J connectivity index is 1.68. The first-order chi connectivity index (χ1) is 14.8. The van der Waals surface area contributed by atoms with Crippen LogP contribution < -0.4 is 5.32 Å². The zero-order valence-corrected chi connectivity index (χ0v) is 19.9. The lowest BCUT2D eigenvalue weighted by atomic mass is 9.95. The highest BCUT2D eigenvalue weighted by atomic mass is 32.2. The molecule has 0 saturated carbocycles. The molecule has 6 nitrogen and oxygen atoms in total. The van der Waals surface area contributed by atoms with Crippen molar-refractivity contribution < 1.29 is 9.35 Å². The molecule has 162 valence electrons. The molecule has 1 amide bonds. The molecule has 0 aliphatic carbocycles. The summed E-state index contributed by atoms with van der Waals surface area (Å²) in [7, 11) is 1.86. The summed E-state index contributed by atoms with van der Waals surface area (Å²) in [6, 6.07) is 11.7. The average Bonchev–Trinajstić information content (AvgIpc) is 3.09. The minimum atomic E-state index is -1.06. The lowest BCUT2D eigenvalue weighted by Gasteiger charge is -2.26. The lowest BCUT2D eigenvalue weighted by molar-refractivity contribution is -0.131. The molecule has 2 heterocycles. The Bertz CT molecular complexity index is 1140. The van der Waals surface area contributed by atoms with Gasteiger partial charge in [-0.05, 0) is 48.8 Å². The standard InChI is InChI=1S/C23H26N4O2S2/c1-13(2)27(4)22(28)21-14(3)19-18(30-21)10-9-15-12-24-23(26-20(15)19)25-16-7-6-8-17(11-16)31(5)29/h6-14,21H,1-5H3,(H,24,25,26)/t14-,21?,31?/m0/s1. The van der Waals surface area contributed by atoms with E-state index in [2.05, 4.69) is 23.3 Å². The Morgan fingerprint density at radius 2 is 2.06 bits per heavy atom. The van der Waals surface area contributed by atoms with Gasteiger partial charge in [-0.15, -0.1) is 11.8 Å². The zero-order chi connectivity index (χ0) is 22.3. The zero-order valence-electron chi connectivity index (χ0n) is 18.2. The molecule has 2 unspecified atom stereocenters. The van der Waals surface area contributed by atoms with Crippen molar-refractivity contribution in [3.8, 4) is 0 Å². The first-order valence-corrected chi connectivity index (χ1v) is 12.6. The van der Waals surface area contributed by atoms with E-state index in [1.807, 2.05) is 56.1 Å². The molecule has 4 rings (SSSR count). The smallest absolute Gasteiger partial charge is 0.236 e. The van der Waals surface area contributed by atoms with E-state index in [0.29, 0.717) is 5.95 Å². The number of nitrogens with zero attached hydrogens (tertiary/aromatic N) is 3. The molecular weight excluding hydrogens is 428 g/mol. The molecule has 31 heavy (non-hydrogen) atoms. The van der Waals surface area contributed by atoms with Crippen molar-refractivity contribution in [2.45, 2.75) is 47.8 Å². The molecule has 0 bridgehead atoms. The van der Waals surface area contributed by atoms with E-state index < -0.39 is 11.2 Å². The van der Waals surface area contributed by atoms with Gasteiger partial charge in [0, 0.05) is 47.2 Å². The van der Waals surface area contributed by atoms with Crippen LogP contribution in [0.25, 0.3) is 10.9 Å². The molecule has 1 N–H and O–H groups in total. The van der Waals surface area contributed by atoms with Gasteiger partial charge in [-0.2, -0.15) is 0 Å². The van der Waals surface area contributed by atoms with Gasteiger partial charge in [-0.3, -0.25) is 4.79 Å². The number of anilines is 2. The number of aromatic nitrogens is 2. The fourth-order valence-electron chi connectivity index (χ4n) is 3.70. The second kappa shape index (κ2) is 8.68. The highest BCUT2D eigenvalue weighted by Crippen LogP contribution is 2.48. The minimum absolute atomic E-state index is 0.0472. The molecule has 0 spiro atoms. The van der Waals surface area contributed by atoms with Gasteiger partial charge in [0.15, 0.2) is 4.90 Å². The summed E-state index contributed by atoms with van der Waals surface area (Å²) in [5, 5.41) is 4.02. The third-order valence-corrected chi connectivity index (χ3v) is 8.09. The number of hydrogen-bond donors (Lipinski definition) is 1. The van der Waals surface area contributed by atoms with Crippen LogP contribution in [0, 0.1) is 0 Å². The number of carbonyl (C=O) groups is 1. The summed E-state index contributed by atoms with van der Waals surface area (Å²) in [6.07, 6.45) is 3.46. The summed E-state index contributed by atoms with van der Waals surface area (Å²) >= 11 is 0.562. The Morgan fingerprint density at radius 1 is 1.29 bits per heavy atom. The Morgan fingerprint density at radius 3 is 2.77 bits per heavy atom. The molecular formula is C23H26N4O2S2. The molecule has 0 fully saturated rings. The van der Waals surface area contributed by atoms with E-state index in [9.17, 15) is 9.35 Å². The predicted molar refractivity (Wildman–Crippen MR) is 128 cm³/mol. The van der Waals surface area contributed by atoms with Crippen LogP contribution in [-0.2, 0) is 16.0 Å². The van der Waals surface area contributed by atoms with Crippen molar-refractivity contribution in [3.63, 3.8) is 0 Å². The first kappa shape index (κ1) is 21.9. The average molecular weight is 455 g/mol. The molecule has 3 aromatic rings. The van der Waals surface area contributed by atoms with Crippen molar-refractivity contribution in [2.75, 3.05) is 18.6 Å². The van der Waals surface area contributed by atoms with E-state index in [1.54, 1.807) is 24.2 Å². The van der Waals surface area contributed by atoms with Crippen LogP contribution in [0.4, 0.5) is 11.6 Å². The number of benzene rings is 2. The van der Waals surface area contributed by atoms with Gasteiger partial charge >= 0.3 is 0 Å². The number of nitrogens with one attached hydrogen (secondary N) is 1. The van der Waals surface area contributed by atoms with Crippen LogP contribution >= 0.6 is 11.8 Å². The third kappa shape index (κ3) is 4.24. The van der Waals surface area contributed by atoms with Gasteiger partial charge in [-0.25, -0.2) is 9.97 Å². The van der Waals surface area contributed by atoms with Crippen LogP contribution in [0.5, 0.6) is 0 Å². The Labute approximate surface area is 190 Å². The second-order valence-corrected chi connectivity index (χ2v) is 10.6. The fraction of sp³-hybridized carbons (Fsp3) is 0.348. The minimum Gasteiger partial charge on any atom is -0.612 e. The van der Waals surface area contributed by atoms with Crippen molar-refractivity contribution in [1.82, 2.24) is 14.9 Å². The molecule has 1 aromatic heterocycles. The Kier molecular flexibility index (Phi) is 6.14. The summed E-state index contributed by atoms with van der Waals surface area (Å²) in [4.78, 5) is 25.9. The molecule has 1 aliphatic rings. The van der Waals surface area contributed by atoms with Crippen LogP contribution in [0.15, 0.2) is 52.4 Å². The number of hydrogen-bond acceptors (Lipinski definition) is 6. The molecule has 0 radical (unpaired) electrons. The normalized spacial score (nSPS) is 18.8. The summed E-state index contributed by atoms with van der Waals surface area (Å²) in [6.45, 7) is 6.15. The molecule has 3 atom stereocenters. The maximum atomic E-state index is 13.0. The van der Waals surface area contributed by atoms with Gasteiger partial charge < -0.3 is 14.8 Å². The maximum absolute atomic E-state index is 13.0.